The third kappa shape index (κ3) is 4.20. The van der Waals surface area contributed by atoms with Crippen molar-refractivity contribution < 1.29 is 13.9 Å². The molecular weight excluding hydrogens is 446 g/mol. The van der Waals surface area contributed by atoms with Gasteiger partial charge < -0.3 is 14.5 Å². The molecule has 170 valence electrons. The second-order valence-corrected chi connectivity index (χ2v) is 9.09. The minimum Gasteiger partial charge on any atom is -0.490 e. The first-order chi connectivity index (χ1) is 16.7. The molecule has 5 rings (SSSR count). The topological polar surface area (TPSA) is 87.6 Å². The number of hydrogen-bond acceptors (Lipinski definition) is 6. The number of fused-ring (bicyclic) bond motifs is 2. The van der Waals surface area contributed by atoms with Gasteiger partial charge in [0.15, 0.2) is 11.3 Å². The van der Waals surface area contributed by atoms with Crippen LogP contribution >= 0.6 is 11.3 Å². The van der Waals surface area contributed by atoms with Gasteiger partial charge >= 0.3 is 0 Å². The zero-order valence-electron chi connectivity index (χ0n) is 18.8. The first kappa shape index (κ1) is 21.9. The summed E-state index contributed by atoms with van der Waals surface area (Å²) in [4.78, 5) is 19.2. The monoisotopic (exact) mass is 469 g/mol. The Balaban J connectivity index is 1.71. The van der Waals surface area contributed by atoms with Crippen LogP contribution in [-0.4, -0.2) is 12.5 Å². The molecule has 6 nitrogen and oxygen atoms in total. The van der Waals surface area contributed by atoms with Crippen LogP contribution in [0.4, 0.5) is 10.7 Å². The minimum absolute atomic E-state index is 0.156. The fourth-order valence-electron chi connectivity index (χ4n) is 4.20. The number of nitrogens with one attached hydrogen (secondary N) is 1. The molecule has 1 amide bonds. The van der Waals surface area contributed by atoms with E-state index in [1.165, 1.54) is 16.2 Å². The lowest BCUT2D eigenvalue weighted by atomic mass is 9.96. The molecule has 1 N–H and O–H groups in total. The Labute approximate surface area is 201 Å². The second kappa shape index (κ2) is 9.54. The van der Waals surface area contributed by atoms with Crippen molar-refractivity contribution >= 4 is 38.9 Å². The molecular formula is C27H23N3O3S. The van der Waals surface area contributed by atoms with E-state index in [9.17, 15) is 10.1 Å². The van der Waals surface area contributed by atoms with Gasteiger partial charge in [0.05, 0.1) is 12.2 Å². The summed E-state index contributed by atoms with van der Waals surface area (Å²) in [6.45, 7) is 2.38. The van der Waals surface area contributed by atoms with Crippen LogP contribution in [-0.2, 0) is 12.8 Å². The fourth-order valence-corrected chi connectivity index (χ4v) is 5.40. The molecule has 0 unspecified atom stereocenters. The minimum atomic E-state index is -0.336. The first-order valence-electron chi connectivity index (χ1n) is 11.3. The molecule has 0 saturated heterocycles. The number of anilines is 1. The summed E-state index contributed by atoms with van der Waals surface area (Å²) in [6.07, 6.45) is 4.02. The number of ether oxygens (including phenoxy) is 1. The lowest BCUT2D eigenvalue weighted by Crippen LogP contribution is -2.21. The van der Waals surface area contributed by atoms with E-state index in [4.69, 9.17) is 14.1 Å². The summed E-state index contributed by atoms with van der Waals surface area (Å²) >= 11 is 1.51. The van der Waals surface area contributed by atoms with Crippen LogP contribution in [0, 0.1) is 11.3 Å². The summed E-state index contributed by atoms with van der Waals surface area (Å²) in [7, 11) is 0. The number of para-hydroxylation sites is 2. The molecule has 7 heteroatoms. The molecule has 2 aromatic heterocycles. The fraction of sp³-hybridized carbons (Fsp3) is 0.222. The van der Waals surface area contributed by atoms with Crippen LogP contribution in [0.5, 0.6) is 5.75 Å². The lowest BCUT2D eigenvalue weighted by molar-refractivity contribution is 0.102. The molecule has 0 bridgehead atoms. The highest BCUT2D eigenvalue weighted by molar-refractivity contribution is 7.16. The van der Waals surface area contributed by atoms with Crippen LogP contribution in [0.1, 0.15) is 46.1 Å². The SMILES string of the molecule is CCOc1cccc2cc(C(=O)Nc3ccccc3)/c(=N/c3sc4c(c3C#N)CCCC4)oc12. The zero-order valence-corrected chi connectivity index (χ0v) is 19.6. The maximum atomic E-state index is 13.3. The quantitative estimate of drug-likeness (QED) is 0.381. The average Bonchev–Trinajstić information content (AvgIpc) is 3.21. The zero-order chi connectivity index (χ0) is 23.5. The van der Waals surface area contributed by atoms with Crippen LogP contribution in [0.25, 0.3) is 11.0 Å². The number of nitrogens with zero attached hydrogens (tertiary/aromatic N) is 2. The third-order valence-electron chi connectivity index (χ3n) is 5.78. The van der Waals surface area contributed by atoms with Gasteiger partial charge in [-0.25, -0.2) is 4.99 Å². The van der Waals surface area contributed by atoms with E-state index in [-0.39, 0.29) is 11.5 Å². The third-order valence-corrected chi connectivity index (χ3v) is 6.97. The van der Waals surface area contributed by atoms with E-state index in [1.807, 2.05) is 55.5 Å². The Morgan fingerprint density at radius 2 is 2.00 bits per heavy atom. The standard InChI is InChI=1S/C27H23N3O3S/c1-2-32-22-13-8-9-17-15-20(25(31)29-18-10-4-3-5-11-18)26(33-24(17)22)30-27-21(16-28)19-12-6-7-14-23(19)34-27/h3-5,8-11,13,15H,2,6-7,12,14H2,1H3,(H,29,31)/b30-26-. The maximum Gasteiger partial charge on any atom is 0.261 e. The van der Waals surface area contributed by atoms with Crippen molar-refractivity contribution in [1.82, 2.24) is 0 Å². The van der Waals surface area contributed by atoms with E-state index < -0.39 is 0 Å². The highest BCUT2D eigenvalue weighted by Crippen LogP contribution is 2.39. The van der Waals surface area contributed by atoms with E-state index >= 15 is 0 Å². The van der Waals surface area contributed by atoms with E-state index in [2.05, 4.69) is 11.4 Å². The van der Waals surface area contributed by atoms with Gasteiger partial charge in [-0.2, -0.15) is 5.26 Å². The molecule has 0 saturated carbocycles. The molecule has 0 spiro atoms. The van der Waals surface area contributed by atoms with E-state index in [0.717, 1.165) is 36.6 Å². The Morgan fingerprint density at radius 1 is 1.18 bits per heavy atom. The van der Waals surface area contributed by atoms with Crippen molar-refractivity contribution in [2.45, 2.75) is 32.6 Å². The maximum absolute atomic E-state index is 13.3. The Morgan fingerprint density at radius 3 is 2.79 bits per heavy atom. The summed E-state index contributed by atoms with van der Waals surface area (Å²) in [5.74, 6) is 0.245. The number of nitriles is 1. The van der Waals surface area contributed by atoms with E-state index in [1.54, 1.807) is 6.07 Å². The second-order valence-electron chi connectivity index (χ2n) is 8.01. The van der Waals surface area contributed by atoms with Gasteiger partial charge in [-0.15, -0.1) is 11.3 Å². The van der Waals surface area contributed by atoms with Gasteiger partial charge in [-0.1, -0.05) is 30.3 Å². The summed E-state index contributed by atoms with van der Waals surface area (Å²) < 4.78 is 12.0. The Bertz CT molecular complexity index is 1480. The number of aryl methyl sites for hydroxylation is 1. The first-order valence-corrected chi connectivity index (χ1v) is 12.1. The van der Waals surface area contributed by atoms with Crippen molar-refractivity contribution in [2.75, 3.05) is 11.9 Å². The molecule has 2 aromatic carbocycles. The van der Waals surface area contributed by atoms with Gasteiger partial charge in [0, 0.05) is 16.0 Å². The number of hydrogen-bond donors (Lipinski definition) is 1. The molecule has 2 heterocycles. The molecule has 1 aliphatic rings. The van der Waals surface area contributed by atoms with Crippen molar-refractivity contribution in [1.29, 1.82) is 5.26 Å². The number of carbonyl (C=O) groups is 1. The number of amides is 1. The van der Waals surface area contributed by atoms with Gasteiger partial charge in [0.2, 0.25) is 5.55 Å². The van der Waals surface area contributed by atoms with Crippen LogP contribution in [0.3, 0.4) is 0 Å². The van der Waals surface area contributed by atoms with E-state index in [0.29, 0.717) is 39.8 Å². The predicted octanol–water partition coefficient (Wildman–Crippen LogP) is 6.13. The van der Waals surface area contributed by atoms with Crippen LogP contribution < -0.4 is 15.6 Å². The largest absolute Gasteiger partial charge is 0.490 e. The van der Waals surface area contributed by atoms with Crippen molar-refractivity contribution in [3.8, 4) is 11.8 Å². The van der Waals surface area contributed by atoms with Crippen molar-refractivity contribution in [3.05, 3.63) is 81.7 Å². The normalized spacial score (nSPS) is 13.4. The molecule has 4 aromatic rings. The Hall–Kier alpha value is -3.89. The molecule has 0 radical (unpaired) electrons. The summed E-state index contributed by atoms with van der Waals surface area (Å²) in [5.41, 5.74) is 3.31. The van der Waals surface area contributed by atoms with Crippen LogP contribution in [0.2, 0.25) is 0 Å². The lowest BCUT2D eigenvalue weighted by Gasteiger charge is -2.09. The van der Waals surface area contributed by atoms with Crippen molar-refractivity contribution in [3.63, 3.8) is 0 Å². The summed E-state index contributed by atoms with van der Waals surface area (Å²) in [5, 5.41) is 14.1. The highest BCUT2D eigenvalue weighted by atomic mass is 32.1. The number of benzene rings is 2. The molecule has 1 aliphatic carbocycles. The van der Waals surface area contributed by atoms with Gasteiger partial charge in [0.25, 0.3) is 5.91 Å². The smallest absolute Gasteiger partial charge is 0.261 e. The summed E-state index contributed by atoms with van der Waals surface area (Å²) in [6, 6.07) is 18.9. The van der Waals surface area contributed by atoms with Gasteiger partial charge in [-0.3, -0.25) is 4.79 Å². The molecule has 0 atom stereocenters. The molecule has 0 aliphatic heterocycles. The molecule has 0 fully saturated rings. The van der Waals surface area contributed by atoms with Gasteiger partial charge in [-0.05, 0) is 62.4 Å². The highest BCUT2D eigenvalue weighted by Gasteiger charge is 2.22. The average molecular weight is 470 g/mol. The van der Waals surface area contributed by atoms with Crippen molar-refractivity contribution in [2.24, 2.45) is 4.99 Å². The van der Waals surface area contributed by atoms with Crippen LogP contribution in [0.15, 0.2) is 64.0 Å². The number of rotatable bonds is 5. The predicted molar refractivity (Wildman–Crippen MR) is 133 cm³/mol. The molecule has 34 heavy (non-hydrogen) atoms. The number of thiophene rings is 1. The van der Waals surface area contributed by atoms with Gasteiger partial charge in [0.1, 0.15) is 16.6 Å². The number of carbonyl (C=O) groups excluding carboxylic acids is 1. The Kier molecular flexibility index (Phi) is 6.15.